The molecule has 0 saturated heterocycles. The topological polar surface area (TPSA) is 12.4 Å². The van der Waals surface area contributed by atoms with Crippen molar-refractivity contribution >= 4 is 6.72 Å². The van der Waals surface area contributed by atoms with E-state index in [4.69, 9.17) is 0 Å². The maximum absolute atomic E-state index is 12.7. The lowest BCUT2D eigenvalue weighted by Crippen LogP contribution is -2.15. The Morgan fingerprint density at radius 3 is 2.20 bits per heavy atom. The summed E-state index contributed by atoms with van der Waals surface area (Å²) >= 11 is 0. The van der Waals surface area contributed by atoms with E-state index < -0.39 is 0 Å². The summed E-state index contributed by atoms with van der Waals surface area (Å²) in [6.45, 7) is 3.59. The fourth-order valence-corrected chi connectivity index (χ4v) is 2.33. The fourth-order valence-electron chi connectivity index (χ4n) is 2.33. The zero-order chi connectivity index (χ0) is 10.7. The van der Waals surface area contributed by atoms with Gasteiger partial charge in [0.25, 0.3) is 0 Å². The summed E-state index contributed by atoms with van der Waals surface area (Å²) in [5.41, 5.74) is 1.26. The third-order valence-electron chi connectivity index (χ3n) is 3.30. The molecule has 0 unspecified atom stereocenters. The highest BCUT2D eigenvalue weighted by molar-refractivity contribution is 5.25. The van der Waals surface area contributed by atoms with Gasteiger partial charge in [0.1, 0.15) is 5.82 Å². The van der Waals surface area contributed by atoms with E-state index in [0.717, 1.165) is 25.7 Å². The predicted molar refractivity (Wildman–Crippen MR) is 60.9 cm³/mol. The number of rotatable bonds is 2. The van der Waals surface area contributed by atoms with Gasteiger partial charge in [-0.3, -0.25) is 4.99 Å². The van der Waals surface area contributed by atoms with Gasteiger partial charge in [-0.2, -0.15) is 0 Å². The summed E-state index contributed by atoms with van der Waals surface area (Å²) in [5.74, 6) is 0.434. The second-order valence-corrected chi connectivity index (χ2v) is 4.24. The van der Waals surface area contributed by atoms with Gasteiger partial charge in [-0.05, 0) is 56.0 Å². The van der Waals surface area contributed by atoms with Crippen molar-refractivity contribution in [2.75, 3.05) is 0 Å². The largest absolute Gasteiger partial charge is 0.298 e. The molecule has 1 aliphatic carbocycles. The Balaban J connectivity index is 2.01. The molecule has 15 heavy (non-hydrogen) atoms. The molecule has 2 heteroatoms. The Morgan fingerprint density at radius 2 is 1.67 bits per heavy atom. The van der Waals surface area contributed by atoms with Crippen LogP contribution in [0.4, 0.5) is 4.39 Å². The van der Waals surface area contributed by atoms with Gasteiger partial charge in [-0.25, -0.2) is 4.39 Å². The number of aliphatic imine (C=N–C) groups is 1. The first kappa shape index (κ1) is 10.3. The van der Waals surface area contributed by atoms with E-state index in [1.54, 1.807) is 12.1 Å². The quantitative estimate of drug-likeness (QED) is 0.655. The Kier molecular flexibility index (Phi) is 3.14. The molecule has 0 N–H and O–H groups in total. The fraction of sp³-hybridized carbons (Fsp3) is 0.462. The van der Waals surface area contributed by atoms with Crippen molar-refractivity contribution in [3.63, 3.8) is 0 Å². The molecule has 0 amide bonds. The molecular formula is C13H16FN. The highest BCUT2D eigenvalue weighted by Gasteiger charge is 2.20. The first-order valence-electron chi connectivity index (χ1n) is 5.51. The Morgan fingerprint density at radius 1 is 1.07 bits per heavy atom. The summed E-state index contributed by atoms with van der Waals surface area (Å²) in [6, 6.07) is 7.35. The maximum Gasteiger partial charge on any atom is 0.123 e. The minimum atomic E-state index is -0.153. The zero-order valence-corrected chi connectivity index (χ0v) is 8.82. The molecule has 0 heterocycles. The normalized spacial score (nSPS) is 26.2. The monoisotopic (exact) mass is 205 g/mol. The van der Waals surface area contributed by atoms with E-state index >= 15 is 0 Å². The van der Waals surface area contributed by atoms with E-state index in [9.17, 15) is 4.39 Å². The van der Waals surface area contributed by atoms with E-state index in [-0.39, 0.29) is 5.82 Å². The van der Waals surface area contributed by atoms with E-state index in [0.29, 0.717) is 12.0 Å². The summed E-state index contributed by atoms with van der Waals surface area (Å²) in [5, 5.41) is 0. The number of hydrogen-bond donors (Lipinski definition) is 0. The molecule has 1 aromatic rings. The average Bonchev–Trinajstić information content (AvgIpc) is 2.30. The maximum atomic E-state index is 12.7. The lowest BCUT2D eigenvalue weighted by Gasteiger charge is -2.26. The molecule has 0 radical (unpaired) electrons. The molecular weight excluding hydrogens is 189 g/mol. The van der Waals surface area contributed by atoms with Crippen molar-refractivity contribution in [2.24, 2.45) is 4.99 Å². The van der Waals surface area contributed by atoms with Gasteiger partial charge in [-0.15, -0.1) is 0 Å². The molecule has 0 aliphatic heterocycles. The molecule has 0 aromatic heterocycles. The van der Waals surface area contributed by atoms with Crippen molar-refractivity contribution in [2.45, 2.75) is 37.6 Å². The number of halogens is 1. The standard InChI is InChI=1S/C13H16FN/c1-15-13-8-4-11(5-9-13)10-2-6-12(14)7-3-10/h2-3,6-7,11,13H,1,4-5,8-9H2. The van der Waals surface area contributed by atoms with Gasteiger partial charge >= 0.3 is 0 Å². The van der Waals surface area contributed by atoms with Crippen molar-refractivity contribution < 1.29 is 4.39 Å². The lowest BCUT2D eigenvalue weighted by atomic mass is 9.82. The number of nitrogens with zero attached hydrogens (tertiary/aromatic N) is 1. The van der Waals surface area contributed by atoms with Gasteiger partial charge in [0.05, 0.1) is 0 Å². The average molecular weight is 205 g/mol. The minimum Gasteiger partial charge on any atom is -0.298 e. The summed E-state index contributed by atoms with van der Waals surface area (Å²) in [4.78, 5) is 4.08. The van der Waals surface area contributed by atoms with Crippen LogP contribution in [-0.4, -0.2) is 12.8 Å². The van der Waals surface area contributed by atoms with Gasteiger partial charge in [-0.1, -0.05) is 12.1 Å². The molecule has 80 valence electrons. The second-order valence-electron chi connectivity index (χ2n) is 4.24. The molecule has 0 spiro atoms. The molecule has 2 rings (SSSR count). The van der Waals surface area contributed by atoms with Crippen LogP contribution in [-0.2, 0) is 0 Å². The molecule has 0 atom stereocenters. The van der Waals surface area contributed by atoms with Crippen LogP contribution in [0.3, 0.4) is 0 Å². The third-order valence-corrected chi connectivity index (χ3v) is 3.30. The summed E-state index contributed by atoms with van der Waals surface area (Å²) < 4.78 is 12.7. The van der Waals surface area contributed by atoms with Crippen LogP contribution in [0.15, 0.2) is 29.3 Å². The van der Waals surface area contributed by atoms with Crippen molar-refractivity contribution in [3.05, 3.63) is 35.6 Å². The van der Waals surface area contributed by atoms with Crippen molar-refractivity contribution in [1.29, 1.82) is 0 Å². The molecule has 1 aromatic carbocycles. The number of hydrogen-bond acceptors (Lipinski definition) is 1. The van der Waals surface area contributed by atoms with E-state index in [2.05, 4.69) is 11.7 Å². The molecule has 0 bridgehead atoms. The number of benzene rings is 1. The van der Waals surface area contributed by atoms with Crippen molar-refractivity contribution in [1.82, 2.24) is 0 Å². The van der Waals surface area contributed by atoms with Crippen LogP contribution >= 0.6 is 0 Å². The third kappa shape index (κ3) is 2.44. The highest BCUT2D eigenvalue weighted by Crippen LogP contribution is 2.33. The smallest absolute Gasteiger partial charge is 0.123 e. The van der Waals surface area contributed by atoms with Gasteiger partial charge in [0.15, 0.2) is 0 Å². The molecule has 1 aliphatic rings. The van der Waals surface area contributed by atoms with Crippen LogP contribution in [0.1, 0.15) is 37.2 Å². The Hall–Kier alpha value is -1.18. The van der Waals surface area contributed by atoms with Crippen LogP contribution in [0, 0.1) is 5.82 Å². The Labute approximate surface area is 90.0 Å². The van der Waals surface area contributed by atoms with Gasteiger partial charge in [0.2, 0.25) is 0 Å². The summed E-state index contributed by atoms with van der Waals surface area (Å²) in [6.07, 6.45) is 4.53. The van der Waals surface area contributed by atoms with Crippen LogP contribution < -0.4 is 0 Å². The molecule has 1 fully saturated rings. The molecule has 1 saturated carbocycles. The molecule has 1 nitrogen and oxygen atoms in total. The van der Waals surface area contributed by atoms with Crippen LogP contribution in [0.2, 0.25) is 0 Å². The Bertz CT molecular complexity index is 323. The van der Waals surface area contributed by atoms with E-state index in [1.807, 2.05) is 12.1 Å². The van der Waals surface area contributed by atoms with Gasteiger partial charge in [0, 0.05) is 6.04 Å². The van der Waals surface area contributed by atoms with Crippen LogP contribution in [0.25, 0.3) is 0 Å². The lowest BCUT2D eigenvalue weighted by molar-refractivity contribution is 0.398. The predicted octanol–water partition coefficient (Wildman–Crippen LogP) is 3.55. The zero-order valence-electron chi connectivity index (χ0n) is 8.82. The first-order chi connectivity index (χ1) is 7.29. The highest BCUT2D eigenvalue weighted by atomic mass is 19.1. The van der Waals surface area contributed by atoms with E-state index in [1.165, 1.54) is 5.56 Å². The first-order valence-corrected chi connectivity index (χ1v) is 5.51. The van der Waals surface area contributed by atoms with Crippen LogP contribution in [0.5, 0.6) is 0 Å². The second kappa shape index (κ2) is 4.56. The minimum absolute atomic E-state index is 0.153. The van der Waals surface area contributed by atoms with Crippen molar-refractivity contribution in [3.8, 4) is 0 Å². The summed E-state index contributed by atoms with van der Waals surface area (Å²) in [7, 11) is 0. The SMILES string of the molecule is C=NC1CCC(c2ccc(F)cc2)CC1. The van der Waals surface area contributed by atoms with Gasteiger partial charge < -0.3 is 0 Å².